The van der Waals surface area contributed by atoms with Gasteiger partial charge in [-0.25, -0.2) is 0 Å². The molecule has 0 aliphatic heterocycles. The fourth-order valence-corrected chi connectivity index (χ4v) is 2.75. The van der Waals surface area contributed by atoms with Crippen molar-refractivity contribution in [1.29, 1.82) is 0 Å². The number of alkyl halides is 3. The molecule has 0 unspecified atom stereocenters. The standard InChI is InChI=1S/C17H10ClF3N2O3/c18-9-2-3-10-11(6-14(24)25)15(23-13(10)5-9)16(26)12-4-1-8(7-22-12)17(19,20)21/h1-5,7,23H,6H2,(H,24,25). The van der Waals surface area contributed by atoms with Gasteiger partial charge >= 0.3 is 12.1 Å². The molecule has 9 heteroatoms. The summed E-state index contributed by atoms with van der Waals surface area (Å²) in [7, 11) is 0. The highest BCUT2D eigenvalue weighted by molar-refractivity contribution is 6.31. The average Bonchev–Trinajstić information content (AvgIpc) is 2.90. The van der Waals surface area contributed by atoms with Gasteiger partial charge in [0.1, 0.15) is 5.69 Å². The van der Waals surface area contributed by atoms with Crippen molar-refractivity contribution in [3.05, 3.63) is 64.1 Å². The zero-order valence-electron chi connectivity index (χ0n) is 12.9. The van der Waals surface area contributed by atoms with Gasteiger partial charge in [-0.1, -0.05) is 17.7 Å². The first-order valence-electron chi connectivity index (χ1n) is 7.26. The van der Waals surface area contributed by atoms with Gasteiger partial charge in [0, 0.05) is 27.7 Å². The van der Waals surface area contributed by atoms with Gasteiger partial charge in [-0.3, -0.25) is 14.6 Å². The summed E-state index contributed by atoms with van der Waals surface area (Å²) in [5.41, 5.74) is -0.595. The Kier molecular flexibility index (Phi) is 4.45. The lowest BCUT2D eigenvalue weighted by molar-refractivity contribution is -0.138. The van der Waals surface area contributed by atoms with Crippen molar-refractivity contribution in [2.75, 3.05) is 0 Å². The fraction of sp³-hybridized carbons (Fsp3) is 0.118. The number of halogens is 4. The second-order valence-electron chi connectivity index (χ2n) is 5.50. The van der Waals surface area contributed by atoms with Gasteiger partial charge in [0.15, 0.2) is 0 Å². The molecule has 0 bridgehead atoms. The van der Waals surface area contributed by atoms with Crippen molar-refractivity contribution in [3.8, 4) is 0 Å². The summed E-state index contributed by atoms with van der Waals surface area (Å²) in [6.45, 7) is 0. The minimum atomic E-state index is -4.57. The molecule has 26 heavy (non-hydrogen) atoms. The van der Waals surface area contributed by atoms with Crippen LogP contribution >= 0.6 is 11.6 Å². The third-order valence-corrected chi connectivity index (χ3v) is 3.98. The minimum absolute atomic E-state index is 0.0445. The van der Waals surface area contributed by atoms with E-state index in [1.165, 1.54) is 6.07 Å². The zero-order valence-corrected chi connectivity index (χ0v) is 13.6. The Morgan fingerprint density at radius 3 is 2.50 bits per heavy atom. The van der Waals surface area contributed by atoms with E-state index >= 15 is 0 Å². The van der Waals surface area contributed by atoms with E-state index in [4.69, 9.17) is 16.7 Å². The molecule has 3 rings (SSSR count). The molecule has 2 aromatic heterocycles. The monoisotopic (exact) mass is 382 g/mol. The lowest BCUT2D eigenvalue weighted by atomic mass is 10.0. The van der Waals surface area contributed by atoms with Crippen molar-refractivity contribution in [1.82, 2.24) is 9.97 Å². The van der Waals surface area contributed by atoms with Gasteiger partial charge in [0.25, 0.3) is 0 Å². The number of pyridine rings is 1. The molecule has 2 heterocycles. The van der Waals surface area contributed by atoms with E-state index in [1.54, 1.807) is 12.1 Å². The van der Waals surface area contributed by atoms with Crippen molar-refractivity contribution in [3.63, 3.8) is 0 Å². The molecular formula is C17H10ClF3N2O3. The third-order valence-electron chi connectivity index (χ3n) is 3.75. The number of hydrogen-bond acceptors (Lipinski definition) is 3. The van der Waals surface area contributed by atoms with Crippen LogP contribution in [0.4, 0.5) is 13.2 Å². The van der Waals surface area contributed by atoms with Crippen molar-refractivity contribution in [2.45, 2.75) is 12.6 Å². The average molecular weight is 383 g/mol. The second kappa shape index (κ2) is 6.45. The number of hydrogen-bond donors (Lipinski definition) is 2. The van der Waals surface area contributed by atoms with Gasteiger partial charge < -0.3 is 10.1 Å². The first kappa shape index (κ1) is 17.9. The van der Waals surface area contributed by atoms with Crippen molar-refractivity contribution < 1.29 is 27.9 Å². The molecule has 0 aliphatic carbocycles. The molecule has 0 fully saturated rings. The molecule has 1 aromatic carbocycles. The fourth-order valence-electron chi connectivity index (χ4n) is 2.58. The summed E-state index contributed by atoms with van der Waals surface area (Å²) in [4.78, 5) is 30.2. The Bertz CT molecular complexity index is 1010. The smallest absolute Gasteiger partial charge is 0.417 e. The Morgan fingerprint density at radius 1 is 1.19 bits per heavy atom. The maximum absolute atomic E-state index is 12.7. The largest absolute Gasteiger partial charge is 0.481 e. The molecule has 0 saturated carbocycles. The Hall–Kier alpha value is -2.87. The summed E-state index contributed by atoms with van der Waals surface area (Å²) < 4.78 is 37.9. The summed E-state index contributed by atoms with van der Waals surface area (Å²) in [6.07, 6.45) is -4.45. The lowest BCUT2D eigenvalue weighted by Crippen LogP contribution is -2.12. The van der Waals surface area contributed by atoms with E-state index in [9.17, 15) is 22.8 Å². The summed E-state index contributed by atoms with van der Waals surface area (Å²) in [6, 6.07) is 6.35. The van der Waals surface area contributed by atoms with Gasteiger partial charge in [0.2, 0.25) is 5.78 Å². The molecule has 0 radical (unpaired) electrons. The number of carbonyl (C=O) groups is 2. The first-order chi connectivity index (χ1) is 12.2. The first-order valence-corrected chi connectivity index (χ1v) is 7.64. The highest BCUT2D eigenvalue weighted by Crippen LogP contribution is 2.30. The number of fused-ring (bicyclic) bond motifs is 1. The summed E-state index contributed by atoms with van der Waals surface area (Å²) in [5.74, 6) is -1.86. The lowest BCUT2D eigenvalue weighted by Gasteiger charge is -2.06. The van der Waals surface area contributed by atoms with Gasteiger partial charge in [0.05, 0.1) is 17.7 Å². The molecule has 0 saturated heterocycles. The van der Waals surface area contributed by atoms with Crippen LogP contribution in [0.25, 0.3) is 10.9 Å². The molecule has 134 valence electrons. The number of carbonyl (C=O) groups excluding carboxylic acids is 1. The number of ketones is 1. The molecule has 0 spiro atoms. The van der Waals surface area contributed by atoms with Crippen LogP contribution in [-0.4, -0.2) is 26.8 Å². The van der Waals surface area contributed by atoms with Crippen molar-refractivity contribution >= 4 is 34.3 Å². The predicted octanol–water partition coefficient (Wildman–Crippen LogP) is 4.09. The highest BCUT2D eigenvalue weighted by Gasteiger charge is 2.31. The van der Waals surface area contributed by atoms with Crippen LogP contribution in [-0.2, 0) is 17.4 Å². The van der Waals surface area contributed by atoms with Crippen LogP contribution in [0.1, 0.15) is 27.3 Å². The number of aromatic amines is 1. The molecule has 5 nitrogen and oxygen atoms in total. The van der Waals surface area contributed by atoms with E-state index in [-0.39, 0.29) is 17.0 Å². The second-order valence-corrected chi connectivity index (χ2v) is 5.93. The Balaban J connectivity index is 2.08. The van der Waals surface area contributed by atoms with E-state index in [0.29, 0.717) is 22.1 Å². The number of H-pyrrole nitrogens is 1. The topological polar surface area (TPSA) is 83.0 Å². The quantitative estimate of drug-likeness (QED) is 0.666. The van der Waals surface area contributed by atoms with Crippen LogP contribution in [0.3, 0.4) is 0 Å². The summed E-state index contributed by atoms with van der Waals surface area (Å²) in [5, 5.41) is 9.98. The number of carboxylic acid groups (broad SMARTS) is 1. The number of aromatic nitrogens is 2. The molecular weight excluding hydrogens is 373 g/mol. The Labute approximate surface area is 149 Å². The molecule has 0 aliphatic rings. The van der Waals surface area contributed by atoms with Crippen LogP contribution < -0.4 is 0 Å². The van der Waals surface area contributed by atoms with Crippen molar-refractivity contribution in [2.24, 2.45) is 0 Å². The number of benzene rings is 1. The van der Waals surface area contributed by atoms with Crippen LogP contribution in [0, 0.1) is 0 Å². The maximum Gasteiger partial charge on any atom is 0.417 e. The summed E-state index contributed by atoms with van der Waals surface area (Å²) >= 11 is 5.90. The highest BCUT2D eigenvalue weighted by atomic mass is 35.5. The van der Waals surface area contributed by atoms with Crippen LogP contribution in [0.2, 0.25) is 5.02 Å². The van der Waals surface area contributed by atoms with E-state index in [0.717, 1.165) is 12.1 Å². The molecule has 2 N–H and O–H groups in total. The third kappa shape index (κ3) is 3.41. The minimum Gasteiger partial charge on any atom is -0.481 e. The molecule has 0 amide bonds. The maximum atomic E-state index is 12.7. The zero-order chi connectivity index (χ0) is 19.1. The number of carboxylic acids is 1. The van der Waals surface area contributed by atoms with Gasteiger partial charge in [-0.05, 0) is 24.3 Å². The molecule has 0 atom stereocenters. The van der Waals surface area contributed by atoms with E-state index in [2.05, 4.69) is 9.97 Å². The predicted molar refractivity (Wildman–Crippen MR) is 87.3 cm³/mol. The van der Waals surface area contributed by atoms with Crippen LogP contribution in [0.15, 0.2) is 36.5 Å². The van der Waals surface area contributed by atoms with Gasteiger partial charge in [-0.15, -0.1) is 0 Å². The van der Waals surface area contributed by atoms with Gasteiger partial charge in [-0.2, -0.15) is 13.2 Å². The molecule has 3 aromatic rings. The Morgan fingerprint density at radius 2 is 1.92 bits per heavy atom. The van der Waals surface area contributed by atoms with E-state index < -0.39 is 29.9 Å². The number of rotatable bonds is 4. The number of aliphatic carboxylic acids is 1. The van der Waals surface area contributed by atoms with E-state index in [1.807, 2.05) is 0 Å². The SMILES string of the molecule is O=C(O)Cc1c(C(=O)c2ccc(C(F)(F)F)cn2)[nH]c2cc(Cl)ccc12. The normalized spacial score (nSPS) is 11.7. The van der Waals surface area contributed by atoms with Crippen LogP contribution in [0.5, 0.6) is 0 Å². The number of nitrogens with zero attached hydrogens (tertiary/aromatic N) is 1. The number of nitrogens with one attached hydrogen (secondary N) is 1.